The molecule has 0 amide bonds. The molecule has 1 heteroatoms. The van der Waals surface area contributed by atoms with Gasteiger partial charge in [0.05, 0.1) is 0 Å². The van der Waals surface area contributed by atoms with Crippen molar-refractivity contribution in [1.82, 2.24) is 0 Å². The van der Waals surface area contributed by atoms with Gasteiger partial charge in [-0.05, 0) is 48.3 Å². The monoisotopic (exact) mass is 196 g/mol. The Morgan fingerprint density at radius 3 is 2.36 bits per heavy atom. The van der Waals surface area contributed by atoms with Crippen molar-refractivity contribution in [2.24, 2.45) is 29.1 Å². The maximum Gasteiger partial charge on any atom is 0.0492 e. The van der Waals surface area contributed by atoms with Crippen LogP contribution >= 0.6 is 0 Å². The lowest BCUT2D eigenvalue weighted by atomic mass is 9.63. The Balaban J connectivity index is 2.18. The Morgan fingerprint density at radius 1 is 1.29 bits per heavy atom. The standard InChI is InChI=1S/C13H24O/c1-9(2)10(3)13(8-14)7-11-4-5-12(13)6-11/h9-12,14H,4-8H2,1-3H3. The van der Waals surface area contributed by atoms with E-state index in [1.165, 1.54) is 25.7 Å². The van der Waals surface area contributed by atoms with Gasteiger partial charge in [-0.1, -0.05) is 27.2 Å². The summed E-state index contributed by atoms with van der Waals surface area (Å²) in [6.45, 7) is 7.37. The zero-order chi connectivity index (χ0) is 10.3. The lowest BCUT2D eigenvalue weighted by Crippen LogP contribution is -2.40. The molecule has 82 valence electrons. The normalized spacial score (nSPS) is 43.5. The smallest absolute Gasteiger partial charge is 0.0492 e. The van der Waals surface area contributed by atoms with Crippen molar-refractivity contribution in [1.29, 1.82) is 0 Å². The van der Waals surface area contributed by atoms with Gasteiger partial charge in [0.15, 0.2) is 0 Å². The van der Waals surface area contributed by atoms with Gasteiger partial charge < -0.3 is 5.11 Å². The van der Waals surface area contributed by atoms with Crippen LogP contribution in [-0.2, 0) is 0 Å². The SMILES string of the molecule is CC(C)C(C)C1(CO)CC2CCC1C2. The average Bonchev–Trinajstić information content (AvgIpc) is 2.75. The number of fused-ring (bicyclic) bond motifs is 2. The maximum atomic E-state index is 9.76. The molecule has 2 rings (SSSR count). The first-order chi connectivity index (χ1) is 6.60. The number of hydrogen-bond donors (Lipinski definition) is 1. The first-order valence-electron chi connectivity index (χ1n) is 6.21. The molecular formula is C13H24O. The molecule has 0 aliphatic heterocycles. The van der Waals surface area contributed by atoms with E-state index in [2.05, 4.69) is 20.8 Å². The minimum atomic E-state index is 0.289. The van der Waals surface area contributed by atoms with Gasteiger partial charge in [0, 0.05) is 6.61 Å². The molecule has 2 bridgehead atoms. The summed E-state index contributed by atoms with van der Waals surface area (Å²) in [6.07, 6.45) is 5.50. The van der Waals surface area contributed by atoms with Crippen LogP contribution in [0.15, 0.2) is 0 Å². The third-order valence-corrected chi connectivity index (χ3v) is 5.22. The van der Waals surface area contributed by atoms with E-state index in [1.807, 2.05) is 0 Å². The predicted octanol–water partition coefficient (Wildman–Crippen LogP) is 3.08. The van der Waals surface area contributed by atoms with Crippen LogP contribution < -0.4 is 0 Å². The van der Waals surface area contributed by atoms with E-state index >= 15 is 0 Å². The fraction of sp³-hybridized carbons (Fsp3) is 1.00. The second kappa shape index (κ2) is 3.52. The molecule has 0 heterocycles. The van der Waals surface area contributed by atoms with Gasteiger partial charge in [0.2, 0.25) is 0 Å². The Bertz CT molecular complexity index is 211. The first kappa shape index (κ1) is 10.5. The topological polar surface area (TPSA) is 20.2 Å². The molecular weight excluding hydrogens is 172 g/mol. The molecule has 0 aromatic carbocycles. The largest absolute Gasteiger partial charge is 0.396 e. The second-order valence-corrected chi connectivity index (χ2v) is 6.00. The highest BCUT2D eigenvalue weighted by molar-refractivity contribution is 5.02. The minimum Gasteiger partial charge on any atom is -0.396 e. The summed E-state index contributed by atoms with van der Waals surface area (Å²) in [6, 6.07) is 0. The molecule has 0 aromatic heterocycles. The van der Waals surface area contributed by atoms with Crippen molar-refractivity contribution in [3.05, 3.63) is 0 Å². The van der Waals surface area contributed by atoms with Crippen molar-refractivity contribution in [2.75, 3.05) is 6.61 Å². The Labute approximate surface area is 87.9 Å². The summed E-state index contributed by atoms with van der Waals surface area (Å²) in [5, 5.41) is 9.76. The van der Waals surface area contributed by atoms with Crippen LogP contribution in [0, 0.1) is 29.1 Å². The molecule has 2 aliphatic carbocycles. The zero-order valence-corrected chi connectivity index (χ0v) is 9.79. The summed E-state index contributed by atoms with van der Waals surface area (Å²) in [4.78, 5) is 0. The molecule has 2 aliphatic rings. The van der Waals surface area contributed by atoms with Crippen molar-refractivity contribution < 1.29 is 5.11 Å². The Morgan fingerprint density at radius 2 is 2.00 bits per heavy atom. The minimum absolute atomic E-state index is 0.289. The summed E-state index contributed by atoms with van der Waals surface area (Å²) >= 11 is 0. The van der Waals surface area contributed by atoms with Gasteiger partial charge in [-0.15, -0.1) is 0 Å². The van der Waals surface area contributed by atoms with Crippen LogP contribution in [0.5, 0.6) is 0 Å². The fourth-order valence-electron chi connectivity index (χ4n) is 4.05. The predicted molar refractivity (Wildman–Crippen MR) is 59.0 cm³/mol. The first-order valence-corrected chi connectivity index (χ1v) is 6.21. The van der Waals surface area contributed by atoms with E-state index in [-0.39, 0.29) is 5.41 Å². The third-order valence-electron chi connectivity index (χ3n) is 5.22. The molecule has 0 radical (unpaired) electrons. The number of hydrogen-bond acceptors (Lipinski definition) is 1. The molecule has 1 N–H and O–H groups in total. The molecule has 0 saturated heterocycles. The highest BCUT2D eigenvalue weighted by atomic mass is 16.3. The molecule has 4 atom stereocenters. The van der Waals surface area contributed by atoms with Crippen LogP contribution in [0.1, 0.15) is 46.5 Å². The number of aliphatic hydroxyl groups excluding tert-OH is 1. The summed E-state index contributed by atoms with van der Waals surface area (Å²) < 4.78 is 0. The van der Waals surface area contributed by atoms with Crippen molar-refractivity contribution in [3.8, 4) is 0 Å². The van der Waals surface area contributed by atoms with E-state index < -0.39 is 0 Å². The molecule has 4 unspecified atom stereocenters. The number of rotatable bonds is 3. The fourth-order valence-corrected chi connectivity index (χ4v) is 4.05. The molecule has 1 nitrogen and oxygen atoms in total. The third kappa shape index (κ3) is 1.32. The van der Waals surface area contributed by atoms with E-state index in [0.29, 0.717) is 18.4 Å². The van der Waals surface area contributed by atoms with Crippen LogP contribution in [0.3, 0.4) is 0 Å². The van der Waals surface area contributed by atoms with Gasteiger partial charge in [0.25, 0.3) is 0 Å². The van der Waals surface area contributed by atoms with Gasteiger partial charge in [-0.2, -0.15) is 0 Å². The quantitative estimate of drug-likeness (QED) is 0.735. The summed E-state index contributed by atoms with van der Waals surface area (Å²) in [5.41, 5.74) is 0.289. The molecule has 2 saturated carbocycles. The summed E-state index contributed by atoms with van der Waals surface area (Å²) in [5.74, 6) is 3.16. The lowest BCUT2D eigenvalue weighted by molar-refractivity contribution is -0.00519. The molecule has 2 fully saturated rings. The summed E-state index contributed by atoms with van der Waals surface area (Å²) in [7, 11) is 0. The van der Waals surface area contributed by atoms with Gasteiger partial charge in [0.1, 0.15) is 0 Å². The second-order valence-electron chi connectivity index (χ2n) is 6.00. The van der Waals surface area contributed by atoms with Crippen molar-refractivity contribution in [3.63, 3.8) is 0 Å². The Kier molecular flexibility index (Phi) is 2.63. The van der Waals surface area contributed by atoms with Gasteiger partial charge in [-0.3, -0.25) is 0 Å². The van der Waals surface area contributed by atoms with Gasteiger partial charge >= 0.3 is 0 Å². The maximum absolute atomic E-state index is 9.76. The highest BCUT2D eigenvalue weighted by Crippen LogP contribution is 2.60. The van der Waals surface area contributed by atoms with Crippen LogP contribution in [0.4, 0.5) is 0 Å². The van der Waals surface area contributed by atoms with E-state index in [0.717, 1.165) is 11.8 Å². The van der Waals surface area contributed by atoms with Crippen LogP contribution in [0.25, 0.3) is 0 Å². The van der Waals surface area contributed by atoms with E-state index in [4.69, 9.17) is 0 Å². The van der Waals surface area contributed by atoms with Gasteiger partial charge in [-0.25, -0.2) is 0 Å². The zero-order valence-electron chi connectivity index (χ0n) is 9.79. The van der Waals surface area contributed by atoms with E-state index in [9.17, 15) is 5.11 Å². The molecule has 14 heavy (non-hydrogen) atoms. The van der Waals surface area contributed by atoms with E-state index in [1.54, 1.807) is 0 Å². The molecule has 0 spiro atoms. The molecule has 0 aromatic rings. The Hall–Kier alpha value is -0.0400. The average molecular weight is 196 g/mol. The van der Waals surface area contributed by atoms with Crippen molar-refractivity contribution in [2.45, 2.75) is 46.5 Å². The highest BCUT2D eigenvalue weighted by Gasteiger charge is 2.53. The lowest BCUT2D eigenvalue weighted by Gasteiger charge is -2.43. The number of aliphatic hydroxyl groups is 1. The van der Waals surface area contributed by atoms with Crippen molar-refractivity contribution >= 4 is 0 Å². The van der Waals surface area contributed by atoms with Crippen LogP contribution in [0.2, 0.25) is 0 Å². The van der Waals surface area contributed by atoms with Crippen LogP contribution in [-0.4, -0.2) is 11.7 Å².